The second-order valence-corrected chi connectivity index (χ2v) is 8.13. The van der Waals surface area contributed by atoms with Crippen molar-refractivity contribution in [1.29, 1.82) is 0 Å². The van der Waals surface area contributed by atoms with Crippen LogP contribution in [0.1, 0.15) is 53.4 Å². The Bertz CT molecular complexity index is 328. The van der Waals surface area contributed by atoms with Gasteiger partial charge in [0, 0.05) is 31.2 Å². The minimum absolute atomic E-state index is 0.232. The first-order valence-corrected chi connectivity index (χ1v) is 8.50. The number of rotatable bonds is 3. The maximum absolute atomic E-state index is 6.36. The van der Waals surface area contributed by atoms with Crippen molar-refractivity contribution in [3.05, 3.63) is 0 Å². The van der Waals surface area contributed by atoms with E-state index in [0.717, 1.165) is 6.54 Å². The van der Waals surface area contributed by atoms with E-state index in [0.29, 0.717) is 17.4 Å². The lowest BCUT2D eigenvalue weighted by Gasteiger charge is -2.48. The summed E-state index contributed by atoms with van der Waals surface area (Å²) in [4.78, 5) is 5.32. The van der Waals surface area contributed by atoms with Crippen LogP contribution in [0.3, 0.4) is 0 Å². The van der Waals surface area contributed by atoms with Crippen LogP contribution in [0.5, 0.6) is 0 Å². The highest BCUT2D eigenvalue weighted by Gasteiger charge is 2.52. The van der Waals surface area contributed by atoms with E-state index >= 15 is 0 Å². The molecule has 0 spiro atoms. The summed E-state index contributed by atoms with van der Waals surface area (Å²) in [6, 6.07) is 0.669. The highest BCUT2D eigenvalue weighted by molar-refractivity contribution is 5.08. The van der Waals surface area contributed by atoms with E-state index in [9.17, 15) is 0 Å². The summed E-state index contributed by atoms with van der Waals surface area (Å²) in [6.07, 6.45) is 5.09. The Morgan fingerprint density at radius 2 is 1.95 bits per heavy atom. The fourth-order valence-electron chi connectivity index (χ4n) is 5.05. The van der Waals surface area contributed by atoms with Gasteiger partial charge in [-0.3, -0.25) is 4.90 Å². The van der Waals surface area contributed by atoms with Gasteiger partial charge in [-0.2, -0.15) is 0 Å². The van der Waals surface area contributed by atoms with Crippen molar-refractivity contribution in [2.24, 2.45) is 17.1 Å². The van der Waals surface area contributed by atoms with Gasteiger partial charge < -0.3 is 10.6 Å². The third-order valence-electron chi connectivity index (χ3n) is 5.86. The molecule has 2 fully saturated rings. The van der Waals surface area contributed by atoms with Gasteiger partial charge in [0.1, 0.15) is 0 Å². The van der Waals surface area contributed by atoms with Gasteiger partial charge in [0.2, 0.25) is 0 Å². The molecule has 1 aliphatic carbocycles. The molecule has 1 heterocycles. The molecule has 0 aromatic rings. The lowest BCUT2D eigenvalue weighted by molar-refractivity contribution is 0.0191. The molecule has 0 radical (unpaired) electrons. The summed E-state index contributed by atoms with van der Waals surface area (Å²) >= 11 is 0. The van der Waals surface area contributed by atoms with Crippen LogP contribution in [0.25, 0.3) is 0 Å². The van der Waals surface area contributed by atoms with Crippen LogP contribution in [0.4, 0.5) is 0 Å². The molecular formula is C17H35N3. The molecule has 118 valence electrons. The molecule has 0 bridgehead atoms. The molecule has 20 heavy (non-hydrogen) atoms. The predicted octanol–water partition coefficient (Wildman–Crippen LogP) is 2.56. The molecular weight excluding hydrogens is 246 g/mol. The van der Waals surface area contributed by atoms with Gasteiger partial charge in [0.05, 0.1) is 0 Å². The molecule has 2 rings (SSSR count). The van der Waals surface area contributed by atoms with E-state index in [-0.39, 0.29) is 5.54 Å². The second-order valence-electron chi connectivity index (χ2n) is 8.13. The topological polar surface area (TPSA) is 32.5 Å². The molecule has 2 aliphatic rings. The van der Waals surface area contributed by atoms with Crippen molar-refractivity contribution >= 4 is 0 Å². The molecule has 1 saturated carbocycles. The lowest BCUT2D eigenvalue weighted by Crippen LogP contribution is -2.60. The Hall–Kier alpha value is -0.120. The van der Waals surface area contributed by atoms with Crippen LogP contribution in [0.2, 0.25) is 0 Å². The van der Waals surface area contributed by atoms with Crippen LogP contribution >= 0.6 is 0 Å². The van der Waals surface area contributed by atoms with E-state index < -0.39 is 0 Å². The number of hydrogen-bond acceptors (Lipinski definition) is 3. The van der Waals surface area contributed by atoms with Gasteiger partial charge >= 0.3 is 0 Å². The lowest BCUT2D eigenvalue weighted by atomic mass is 9.83. The van der Waals surface area contributed by atoms with Crippen LogP contribution in [-0.2, 0) is 0 Å². The Morgan fingerprint density at radius 1 is 1.25 bits per heavy atom. The normalized spacial score (nSPS) is 39.9. The van der Waals surface area contributed by atoms with Crippen molar-refractivity contribution in [3.8, 4) is 0 Å². The number of hydrogen-bond donors (Lipinski definition) is 1. The largest absolute Gasteiger partial charge is 0.329 e. The van der Waals surface area contributed by atoms with Gasteiger partial charge in [-0.1, -0.05) is 27.7 Å². The zero-order valence-electron chi connectivity index (χ0n) is 14.3. The molecule has 2 N–H and O–H groups in total. The molecule has 0 aromatic heterocycles. The highest BCUT2D eigenvalue weighted by Crippen LogP contribution is 2.50. The van der Waals surface area contributed by atoms with Crippen molar-refractivity contribution in [2.75, 3.05) is 33.2 Å². The summed E-state index contributed by atoms with van der Waals surface area (Å²) in [5.41, 5.74) is 7.03. The molecule has 3 nitrogen and oxygen atoms in total. The third-order valence-corrected chi connectivity index (χ3v) is 5.86. The SMILES string of the molecule is CCC1CN(C)CCCN1C1(CN)CC(C)(C)CC1C. The van der Waals surface area contributed by atoms with Crippen molar-refractivity contribution in [1.82, 2.24) is 9.80 Å². The summed E-state index contributed by atoms with van der Waals surface area (Å²) < 4.78 is 0. The molecule has 1 saturated heterocycles. The average Bonchev–Trinajstić information content (AvgIpc) is 2.51. The molecule has 1 aliphatic heterocycles. The fourth-order valence-corrected chi connectivity index (χ4v) is 5.05. The first-order valence-electron chi connectivity index (χ1n) is 8.50. The van der Waals surface area contributed by atoms with Crippen molar-refractivity contribution < 1.29 is 0 Å². The van der Waals surface area contributed by atoms with Gasteiger partial charge in [0.25, 0.3) is 0 Å². The van der Waals surface area contributed by atoms with Gasteiger partial charge in [0.15, 0.2) is 0 Å². The molecule has 3 heteroatoms. The Balaban J connectivity index is 2.29. The fraction of sp³-hybridized carbons (Fsp3) is 1.00. The van der Waals surface area contributed by atoms with Crippen LogP contribution < -0.4 is 5.73 Å². The van der Waals surface area contributed by atoms with Gasteiger partial charge in [-0.15, -0.1) is 0 Å². The Kier molecular flexibility index (Phi) is 4.83. The maximum atomic E-state index is 6.36. The van der Waals surface area contributed by atoms with E-state index in [4.69, 9.17) is 5.73 Å². The van der Waals surface area contributed by atoms with Crippen LogP contribution in [0, 0.1) is 11.3 Å². The summed E-state index contributed by atoms with van der Waals surface area (Å²) in [6.45, 7) is 14.1. The van der Waals surface area contributed by atoms with E-state index in [1.165, 1.54) is 45.3 Å². The van der Waals surface area contributed by atoms with E-state index in [1.54, 1.807) is 0 Å². The van der Waals surface area contributed by atoms with Crippen molar-refractivity contribution in [2.45, 2.75) is 65.0 Å². The quantitative estimate of drug-likeness (QED) is 0.863. The van der Waals surface area contributed by atoms with Crippen LogP contribution in [0.15, 0.2) is 0 Å². The molecule has 0 amide bonds. The first-order chi connectivity index (χ1) is 9.34. The zero-order chi connectivity index (χ0) is 15.0. The molecule has 3 atom stereocenters. The van der Waals surface area contributed by atoms with E-state index in [2.05, 4.69) is 44.5 Å². The average molecular weight is 281 g/mol. The Labute approximate surface area is 125 Å². The summed E-state index contributed by atoms with van der Waals surface area (Å²) in [5, 5.41) is 0. The van der Waals surface area contributed by atoms with Gasteiger partial charge in [-0.05, 0) is 50.6 Å². The zero-order valence-corrected chi connectivity index (χ0v) is 14.3. The first kappa shape index (κ1) is 16.3. The predicted molar refractivity (Wildman–Crippen MR) is 86.9 cm³/mol. The molecule has 3 unspecified atom stereocenters. The van der Waals surface area contributed by atoms with E-state index in [1.807, 2.05) is 0 Å². The van der Waals surface area contributed by atoms with Gasteiger partial charge in [-0.25, -0.2) is 0 Å². The second kappa shape index (κ2) is 5.94. The Morgan fingerprint density at radius 3 is 2.45 bits per heavy atom. The maximum Gasteiger partial charge on any atom is 0.0365 e. The minimum Gasteiger partial charge on any atom is -0.329 e. The summed E-state index contributed by atoms with van der Waals surface area (Å²) in [5.74, 6) is 0.708. The third kappa shape index (κ3) is 2.90. The smallest absolute Gasteiger partial charge is 0.0365 e. The summed E-state index contributed by atoms with van der Waals surface area (Å²) in [7, 11) is 2.27. The van der Waals surface area contributed by atoms with Crippen molar-refractivity contribution in [3.63, 3.8) is 0 Å². The number of nitrogens with zero attached hydrogens (tertiary/aromatic N) is 2. The molecule has 0 aromatic carbocycles. The monoisotopic (exact) mass is 281 g/mol. The number of likely N-dealkylation sites (N-methyl/N-ethyl adjacent to an activating group) is 1. The van der Waals surface area contributed by atoms with Crippen LogP contribution in [-0.4, -0.2) is 54.6 Å². The standard InChI is InChI=1S/C17H35N3/c1-6-15-11-19(5)8-7-9-20(15)17(13-18)12-16(3,4)10-14(17)2/h14-15H,6-13,18H2,1-5H3. The minimum atomic E-state index is 0.232. The highest BCUT2D eigenvalue weighted by atomic mass is 15.3. The number of nitrogens with two attached hydrogens (primary N) is 1.